The van der Waals surface area contributed by atoms with E-state index < -0.39 is 0 Å². The third kappa shape index (κ3) is 4.94. The van der Waals surface area contributed by atoms with Crippen LogP contribution in [0.1, 0.15) is 30.9 Å². The molecule has 1 aliphatic rings. The van der Waals surface area contributed by atoms with Crippen LogP contribution in [-0.4, -0.2) is 38.9 Å². The number of morpholine rings is 1. The summed E-state index contributed by atoms with van der Waals surface area (Å²) in [6.45, 7) is 9.13. The lowest BCUT2D eigenvalue weighted by atomic mass is 10.0. The molecule has 1 aromatic rings. The molecule has 2 N–H and O–H groups in total. The molecule has 0 bridgehead atoms. The van der Waals surface area contributed by atoms with E-state index in [0.29, 0.717) is 12.0 Å². The van der Waals surface area contributed by atoms with Crippen LogP contribution >= 0.6 is 0 Å². The lowest BCUT2D eigenvalue weighted by Gasteiger charge is -2.24. The van der Waals surface area contributed by atoms with E-state index >= 15 is 0 Å². The van der Waals surface area contributed by atoms with E-state index in [9.17, 15) is 0 Å². The molecule has 1 heterocycles. The van der Waals surface area contributed by atoms with Gasteiger partial charge < -0.3 is 15.4 Å². The van der Waals surface area contributed by atoms with Gasteiger partial charge >= 0.3 is 0 Å². The van der Waals surface area contributed by atoms with Crippen molar-refractivity contribution in [2.75, 3.05) is 32.8 Å². The van der Waals surface area contributed by atoms with Gasteiger partial charge in [-0.1, -0.05) is 38.1 Å². The number of rotatable bonds is 6. The molecule has 106 valence electrons. The molecule has 3 heteroatoms. The van der Waals surface area contributed by atoms with E-state index in [0.717, 1.165) is 39.3 Å². The lowest BCUT2D eigenvalue weighted by Crippen LogP contribution is -2.47. The highest BCUT2D eigenvalue weighted by Crippen LogP contribution is 2.14. The van der Waals surface area contributed by atoms with Gasteiger partial charge in [0, 0.05) is 19.1 Å². The van der Waals surface area contributed by atoms with Crippen molar-refractivity contribution in [3.05, 3.63) is 35.4 Å². The SMILES string of the molecule is CC(C)c1ccc(CCNCC2COCCN2)cc1. The second-order valence-corrected chi connectivity index (χ2v) is 5.58. The molecule has 0 radical (unpaired) electrons. The Kier molecular flexibility index (Phi) is 5.83. The molecule has 19 heavy (non-hydrogen) atoms. The molecule has 1 atom stereocenters. The summed E-state index contributed by atoms with van der Waals surface area (Å²) in [5.41, 5.74) is 2.82. The fraction of sp³-hybridized carbons (Fsp3) is 0.625. The van der Waals surface area contributed by atoms with E-state index in [2.05, 4.69) is 48.7 Å². The van der Waals surface area contributed by atoms with E-state index in [1.165, 1.54) is 11.1 Å². The minimum Gasteiger partial charge on any atom is -0.378 e. The van der Waals surface area contributed by atoms with E-state index in [1.807, 2.05) is 0 Å². The molecule has 1 fully saturated rings. The van der Waals surface area contributed by atoms with E-state index in [-0.39, 0.29) is 0 Å². The minimum atomic E-state index is 0.470. The molecular formula is C16H26N2O. The quantitative estimate of drug-likeness (QED) is 0.769. The van der Waals surface area contributed by atoms with Gasteiger partial charge in [0.25, 0.3) is 0 Å². The lowest BCUT2D eigenvalue weighted by molar-refractivity contribution is 0.0768. The molecular weight excluding hydrogens is 236 g/mol. The molecule has 1 saturated heterocycles. The Labute approximate surface area is 116 Å². The highest BCUT2D eigenvalue weighted by atomic mass is 16.5. The Bertz CT molecular complexity index is 356. The number of hydrogen-bond acceptors (Lipinski definition) is 3. The summed E-state index contributed by atoms with van der Waals surface area (Å²) in [5, 5.41) is 6.95. The number of benzene rings is 1. The summed E-state index contributed by atoms with van der Waals surface area (Å²) in [7, 11) is 0. The van der Waals surface area contributed by atoms with Crippen LogP contribution in [-0.2, 0) is 11.2 Å². The van der Waals surface area contributed by atoms with Crippen LogP contribution in [0.25, 0.3) is 0 Å². The maximum absolute atomic E-state index is 5.43. The molecule has 0 spiro atoms. The van der Waals surface area contributed by atoms with Gasteiger partial charge in [0.05, 0.1) is 13.2 Å². The van der Waals surface area contributed by atoms with E-state index in [4.69, 9.17) is 4.74 Å². The Balaban J connectivity index is 1.64. The van der Waals surface area contributed by atoms with Gasteiger partial charge in [-0.15, -0.1) is 0 Å². The first kappa shape index (κ1) is 14.5. The van der Waals surface area contributed by atoms with Crippen molar-refractivity contribution in [1.82, 2.24) is 10.6 Å². The van der Waals surface area contributed by atoms with Gasteiger partial charge in [0.15, 0.2) is 0 Å². The normalized spacial score (nSPS) is 19.8. The van der Waals surface area contributed by atoms with Crippen LogP contribution in [0.3, 0.4) is 0 Å². The predicted octanol–water partition coefficient (Wildman–Crippen LogP) is 1.93. The zero-order valence-corrected chi connectivity index (χ0v) is 12.1. The van der Waals surface area contributed by atoms with Crippen LogP contribution in [0.15, 0.2) is 24.3 Å². The smallest absolute Gasteiger partial charge is 0.0632 e. The largest absolute Gasteiger partial charge is 0.378 e. The zero-order chi connectivity index (χ0) is 13.5. The van der Waals surface area contributed by atoms with Gasteiger partial charge in [-0.05, 0) is 30.0 Å². The Hall–Kier alpha value is -0.900. The average molecular weight is 262 g/mol. The molecule has 3 nitrogen and oxygen atoms in total. The standard InChI is InChI=1S/C16H26N2O/c1-13(2)15-5-3-14(4-6-15)7-8-17-11-16-12-19-10-9-18-16/h3-6,13,16-18H,7-12H2,1-2H3. The van der Waals surface area contributed by atoms with Crippen molar-refractivity contribution in [3.8, 4) is 0 Å². The fourth-order valence-corrected chi connectivity index (χ4v) is 2.33. The Morgan fingerprint density at radius 2 is 2.11 bits per heavy atom. The van der Waals surface area contributed by atoms with Gasteiger partial charge in [0.2, 0.25) is 0 Å². The molecule has 1 unspecified atom stereocenters. The highest BCUT2D eigenvalue weighted by molar-refractivity contribution is 5.24. The Morgan fingerprint density at radius 1 is 1.32 bits per heavy atom. The first-order valence-corrected chi connectivity index (χ1v) is 7.36. The van der Waals surface area contributed by atoms with Gasteiger partial charge in [-0.2, -0.15) is 0 Å². The molecule has 0 aliphatic carbocycles. The van der Waals surface area contributed by atoms with Crippen molar-refractivity contribution in [2.24, 2.45) is 0 Å². The van der Waals surface area contributed by atoms with Crippen molar-refractivity contribution in [3.63, 3.8) is 0 Å². The number of ether oxygens (including phenoxy) is 1. The van der Waals surface area contributed by atoms with Crippen LogP contribution in [0.5, 0.6) is 0 Å². The molecule has 0 aromatic heterocycles. The van der Waals surface area contributed by atoms with E-state index in [1.54, 1.807) is 0 Å². The van der Waals surface area contributed by atoms with Crippen LogP contribution in [0.4, 0.5) is 0 Å². The monoisotopic (exact) mass is 262 g/mol. The maximum atomic E-state index is 5.43. The molecule has 1 aliphatic heterocycles. The topological polar surface area (TPSA) is 33.3 Å². The first-order valence-electron chi connectivity index (χ1n) is 7.36. The molecule has 2 rings (SSSR count). The molecule has 0 amide bonds. The number of nitrogens with one attached hydrogen (secondary N) is 2. The van der Waals surface area contributed by atoms with Crippen molar-refractivity contribution in [1.29, 1.82) is 0 Å². The zero-order valence-electron chi connectivity index (χ0n) is 12.1. The minimum absolute atomic E-state index is 0.470. The average Bonchev–Trinajstić information content (AvgIpc) is 2.45. The maximum Gasteiger partial charge on any atom is 0.0632 e. The van der Waals surface area contributed by atoms with Gasteiger partial charge in [0.1, 0.15) is 0 Å². The number of hydrogen-bond donors (Lipinski definition) is 2. The summed E-state index contributed by atoms with van der Waals surface area (Å²) >= 11 is 0. The third-order valence-corrected chi connectivity index (χ3v) is 3.63. The van der Waals surface area contributed by atoms with Crippen LogP contribution in [0, 0.1) is 0 Å². The van der Waals surface area contributed by atoms with Gasteiger partial charge in [-0.25, -0.2) is 0 Å². The fourth-order valence-electron chi connectivity index (χ4n) is 2.33. The summed E-state index contributed by atoms with van der Waals surface area (Å²) in [4.78, 5) is 0. The van der Waals surface area contributed by atoms with Crippen LogP contribution in [0.2, 0.25) is 0 Å². The molecule has 0 saturated carbocycles. The summed E-state index contributed by atoms with van der Waals surface area (Å²) < 4.78 is 5.43. The Morgan fingerprint density at radius 3 is 2.74 bits per heavy atom. The van der Waals surface area contributed by atoms with Crippen LogP contribution < -0.4 is 10.6 Å². The first-order chi connectivity index (χ1) is 9.25. The predicted molar refractivity (Wildman–Crippen MR) is 79.7 cm³/mol. The summed E-state index contributed by atoms with van der Waals surface area (Å²) in [6.07, 6.45) is 1.09. The third-order valence-electron chi connectivity index (χ3n) is 3.63. The van der Waals surface area contributed by atoms with Gasteiger partial charge in [-0.3, -0.25) is 0 Å². The highest BCUT2D eigenvalue weighted by Gasteiger charge is 2.11. The van der Waals surface area contributed by atoms with Crippen molar-refractivity contribution < 1.29 is 4.74 Å². The summed E-state index contributed by atoms with van der Waals surface area (Å²) in [5.74, 6) is 0.615. The van der Waals surface area contributed by atoms with Crippen molar-refractivity contribution >= 4 is 0 Å². The van der Waals surface area contributed by atoms with Crippen molar-refractivity contribution in [2.45, 2.75) is 32.2 Å². The second-order valence-electron chi connectivity index (χ2n) is 5.58. The second kappa shape index (κ2) is 7.63. The molecule has 1 aromatic carbocycles. The summed E-state index contributed by atoms with van der Waals surface area (Å²) in [6, 6.07) is 9.46.